The van der Waals surface area contributed by atoms with Crippen LogP contribution in [0.4, 0.5) is 0 Å². The van der Waals surface area contributed by atoms with Crippen molar-refractivity contribution in [2.75, 3.05) is 13.6 Å². The summed E-state index contributed by atoms with van der Waals surface area (Å²) in [6, 6.07) is 1.13. The first-order valence-corrected chi connectivity index (χ1v) is 5.01. The third-order valence-electron chi connectivity index (χ3n) is 2.13. The number of nitrogens with zero attached hydrogens (tertiary/aromatic N) is 2. The zero-order valence-corrected chi connectivity index (χ0v) is 9.27. The summed E-state index contributed by atoms with van der Waals surface area (Å²) < 4.78 is 4.50. The molecule has 1 aromatic rings. The van der Waals surface area contributed by atoms with Crippen LogP contribution in [0.3, 0.4) is 0 Å². The summed E-state index contributed by atoms with van der Waals surface area (Å²) in [5, 5.41) is 12.0. The maximum absolute atomic E-state index is 11.7. The highest BCUT2D eigenvalue weighted by Gasteiger charge is 2.19. The molecule has 0 aliphatic carbocycles. The molecule has 6 heteroatoms. The minimum absolute atomic E-state index is 0.0241. The quantitative estimate of drug-likeness (QED) is 0.816. The Labute approximate surface area is 92.8 Å². The third kappa shape index (κ3) is 2.82. The highest BCUT2D eigenvalue weighted by Crippen LogP contribution is 2.06. The van der Waals surface area contributed by atoms with Crippen LogP contribution in [0.15, 0.2) is 10.6 Å². The summed E-state index contributed by atoms with van der Waals surface area (Å²) in [4.78, 5) is 23.7. The molecule has 1 N–H and O–H groups in total. The molecule has 0 unspecified atom stereocenters. The molecule has 0 saturated heterocycles. The van der Waals surface area contributed by atoms with Gasteiger partial charge < -0.3 is 14.5 Å². The van der Waals surface area contributed by atoms with Crippen LogP contribution in [0, 0.1) is 0 Å². The number of carbonyl (C=O) groups excluding carboxylic acids is 1. The van der Waals surface area contributed by atoms with Crippen LogP contribution in [0.25, 0.3) is 0 Å². The van der Waals surface area contributed by atoms with Gasteiger partial charge in [-0.2, -0.15) is 0 Å². The van der Waals surface area contributed by atoms with E-state index in [0.717, 1.165) is 18.9 Å². The molecular formula is C10H14N2O4. The molecule has 1 heterocycles. The largest absolute Gasteiger partial charge is 0.475 e. The Bertz CT molecular complexity index is 386. The van der Waals surface area contributed by atoms with E-state index in [1.165, 1.54) is 4.90 Å². The summed E-state index contributed by atoms with van der Waals surface area (Å²) in [7, 11) is 1.65. The van der Waals surface area contributed by atoms with Crippen LogP contribution < -0.4 is 0 Å². The van der Waals surface area contributed by atoms with Crippen molar-refractivity contribution in [3.05, 3.63) is 17.5 Å². The number of hydrogen-bond donors (Lipinski definition) is 1. The second kappa shape index (κ2) is 5.29. The van der Waals surface area contributed by atoms with Crippen LogP contribution in [0.2, 0.25) is 0 Å². The molecule has 88 valence electrons. The van der Waals surface area contributed by atoms with Crippen molar-refractivity contribution in [1.82, 2.24) is 10.1 Å². The molecule has 1 aromatic heterocycles. The highest BCUT2D eigenvalue weighted by atomic mass is 16.5. The predicted molar refractivity (Wildman–Crippen MR) is 55.3 cm³/mol. The molecule has 0 saturated carbocycles. The molecule has 0 aliphatic rings. The minimum atomic E-state index is -1.23. The lowest BCUT2D eigenvalue weighted by atomic mass is 10.3. The standard InChI is InChI=1S/C10H14N2O4/c1-3-4-5-12(2)9(13)7-6-8(10(14)15)16-11-7/h6H,3-5H2,1-2H3,(H,14,15). The molecule has 0 atom stereocenters. The average Bonchev–Trinajstić information content (AvgIpc) is 2.74. The minimum Gasteiger partial charge on any atom is -0.475 e. The van der Waals surface area contributed by atoms with Gasteiger partial charge in [-0.1, -0.05) is 18.5 Å². The van der Waals surface area contributed by atoms with E-state index in [0.29, 0.717) is 6.54 Å². The zero-order chi connectivity index (χ0) is 12.1. The van der Waals surface area contributed by atoms with Crippen LogP contribution in [-0.2, 0) is 0 Å². The molecule has 0 aromatic carbocycles. The van der Waals surface area contributed by atoms with Gasteiger partial charge in [0.25, 0.3) is 5.91 Å². The summed E-state index contributed by atoms with van der Waals surface area (Å²) in [5.74, 6) is -1.89. The molecule has 16 heavy (non-hydrogen) atoms. The van der Waals surface area contributed by atoms with E-state index in [1.54, 1.807) is 7.05 Å². The summed E-state index contributed by atoms with van der Waals surface area (Å²) in [6.07, 6.45) is 1.88. The number of aromatic nitrogens is 1. The molecule has 1 amide bonds. The number of rotatable bonds is 5. The van der Waals surface area contributed by atoms with E-state index in [9.17, 15) is 9.59 Å². The van der Waals surface area contributed by atoms with E-state index in [-0.39, 0.29) is 17.4 Å². The van der Waals surface area contributed by atoms with Gasteiger partial charge in [-0.3, -0.25) is 4.79 Å². The Morgan fingerprint density at radius 2 is 2.25 bits per heavy atom. The Hall–Kier alpha value is -1.85. The number of hydrogen-bond acceptors (Lipinski definition) is 4. The number of unbranched alkanes of at least 4 members (excludes halogenated alkanes) is 1. The van der Waals surface area contributed by atoms with Crippen molar-refractivity contribution >= 4 is 11.9 Å². The first-order valence-electron chi connectivity index (χ1n) is 5.01. The fraction of sp³-hybridized carbons (Fsp3) is 0.500. The molecule has 1 rings (SSSR count). The molecule has 0 spiro atoms. The van der Waals surface area contributed by atoms with E-state index < -0.39 is 5.97 Å². The summed E-state index contributed by atoms with van der Waals surface area (Å²) >= 11 is 0. The molecule has 0 fully saturated rings. The van der Waals surface area contributed by atoms with Gasteiger partial charge in [0.2, 0.25) is 5.76 Å². The molecule has 0 radical (unpaired) electrons. The molecule has 6 nitrogen and oxygen atoms in total. The number of carboxylic acids is 1. The first-order chi connectivity index (χ1) is 7.56. The van der Waals surface area contributed by atoms with Gasteiger partial charge in [0, 0.05) is 19.7 Å². The fourth-order valence-corrected chi connectivity index (χ4v) is 1.17. The fourth-order valence-electron chi connectivity index (χ4n) is 1.17. The topological polar surface area (TPSA) is 83.6 Å². The van der Waals surface area contributed by atoms with Crippen molar-refractivity contribution in [3.8, 4) is 0 Å². The first kappa shape index (κ1) is 12.2. The van der Waals surface area contributed by atoms with Crippen LogP contribution in [-0.4, -0.2) is 40.6 Å². The van der Waals surface area contributed by atoms with E-state index in [2.05, 4.69) is 9.68 Å². The zero-order valence-electron chi connectivity index (χ0n) is 9.27. The van der Waals surface area contributed by atoms with Crippen LogP contribution in [0.1, 0.15) is 40.8 Å². The maximum Gasteiger partial charge on any atom is 0.374 e. The SMILES string of the molecule is CCCCN(C)C(=O)c1cc(C(=O)O)on1. The highest BCUT2D eigenvalue weighted by molar-refractivity contribution is 5.94. The van der Waals surface area contributed by atoms with Crippen LogP contribution in [0.5, 0.6) is 0 Å². The van der Waals surface area contributed by atoms with Crippen molar-refractivity contribution in [2.45, 2.75) is 19.8 Å². The van der Waals surface area contributed by atoms with Crippen LogP contribution >= 0.6 is 0 Å². The Balaban J connectivity index is 2.68. The van der Waals surface area contributed by atoms with Gasteiger partial charge in [0.05, 0.1) is 0 Å². The van der Waals surface area contributed by atoms with Gasteiger partial charge in [-0.25, -0.2) is 4.79 Å². The number of carbonyl (C=O) groups is 2. The molecular weight excluding hydrogens is 212 g/mol. The summed E-state index contributed by atoms with van der Waals surface area (Å²) in [6.45, 7) is 2.64. The van der Waals surface area contributed by atoms with E-state index >= 15 is 0 Å². The van der Waals surface area contributed by atoms with Crippen molar-refractivity contribution in [2.24, 2.45) is 0 Å². The Morgan fingerprint density at radius 3 is 2.75 bits per heavy atom. The number of aromatic carboxylic acids is 1. The average molecular weight is 226 g/mol. The van der Waals surface area contributed by atoms with Crippen molar-refractivity contribution < 1.29 is 19.2 Å². The maximum atomic E-state index is 11.7. The van der Waals surface area contributed by atoms with Gasteiger partial charge in [0.15, 0.2) is 5.69 Å². The molecule has 0 aliphatic heterocycles. The lowest BCUT2D eigenvalue weighted by Gasteiger charge is -2.14. The van der Waals surface area contributed by atoms with Gasteiger partial charge in [0.1, 0.15) is 0 Å². The van der Waals surface area contributed by atoms with Crippen molar-refractivity contribution in [3.63, 3.8) is 0 Å². The lowest BCUT2D eigenvalue weighted by molar-refractivity contribution is 0.0649. The Kier molecular flexibility index (Phi) is 4.04. The second-order valence-corrected chi connectivity index (χ2v) is 3.46. The predicted octanol–water partition coefficient (Wildman–Crippen LogP) is 1.24. The number of carboxylic acid groups (broad SMARTS) is 1. The normalized spacial score (nSPS) is 10.1. The van der Waals surface area contributed by atoms with E-state index in [1.807, 2.05) is 6.92 Å². The van der Waals surface area contributed by atoms with Gasteiger partial charge in [-0.05, 0) is 6.42 Å². The van der Waals surface area contributed by atoms with Crippen molar-refractivity contribution in [1.29, 1.82) is 0 Å². The third-order valence-corrected chi connectivity index (χ3v) is 2.13. The Morgan fingerprint density at radius 1 is 1.56 bits per heavy atom. The second-order valence-electron chi connectivity index (χ2n) is 3.46. The van der Waals surface area contributed by atoms with Gasteiger partial charge >= 0.3 is 5.97 Å². The molecule has 0 bridgehead atoms. The monoisotopic (exact) mass is 226 g/mol. The van der Waals surface area contributed by atoms with E-state index in [4.69, 9.17) is 5.11 Å². The van der Waals surface area contributed by atoms with Gasteiger partial charge in [-0.15, -0.1) is 0 Å². The summed E-state index contributed by atoms with van der Waals surface area (Å²) in [5.41, 5.74) is 0.0241. The number of amides is 1. The lowest BCUT2D eigenvalue weighted by Crippen LogP contribution is -2.27. The smallest absolute Gasteiger partial charge is 0.374 e.